The van der Waals surface area contributed by atoms with Crippen molar-refractivity contribution in [2.75, 3.05) is 7.11 Å². The molecule has 5 nitrogen and oxygen atoms in total. The zero-order valence-corrected chi connectivity index (χ0v) is 14.0. The van der Waals surface area contributed by atoms with Crippen molar-refractivity contribution >= 4 is 11.9 Å². The second-order valence-electron chi connectivity index (χ2n) is 5.82. The van der Waals surface area contributed by atoms with Gasteiger partial charge in [-0.3, -0.25) is 5.41 Å². The summed E-state index contributed by atoms with van der Waals surface area (Å²) in [5.41, 5.74) is 4.27. The molecule has 0 amide bonds. The summed E-state index contributed by atoms with van der Waals surface area (Å²) in [7, 11) is 1.30. The van der Waals surface area contributed by atoms with Gasteiger partial charge in [-0.1, -0.05) is 17.7 Å². The van der Waals surface area contributed by atoms with Crippen molar-refractivity contribution in [1.82, 2.24) is 0 Å². The zero-order chi connectivity index (χ0) is 17.3. The molecule has 0 radical (unpaired) electrons. The minimum Gasteiger partial charge on any atom is -0.466 e. The van der Waals surface area contributed by atoms with E-state index in [1.165, 1.54) is 7.11 Å². The minimum atomic E-state index is -0.854. The number of hydrogen-bond acceptors (Lipinski definition) is 5. The van der Waals surface area contributed by atoms with Crippen LogP contribution in [0.3, 0.4) is 0 Å². The molecule has 0 saturated carbocycles. The molecular weight excluding hydrogens is 292 g/mol. The van der Waals surface area contributed by atoms with Crippen molar-refractivity contribution < 1.29 is 14.3 Å². The molecule has 0 saturated heterocycles. The fraction of sp³-hybridized carbons (Fsp3) is 0.389. The predicted octanol–water partition coefficient (Wildman–Crippen LogP) is 3.29. The number of aryl methyl sites for hydroxylation is 3. The number of ether oxygens (including phenoxy) is 2. The van der Waals surface area contributed by atoms with E-state index in [0.717, 1.165) is 22.3 Å². The number of rotatable bonds is 2. The molecule has 2 atom stereocenters. The van der Waals surface area contributed by atoms with Crippen molar-refractivity contribution in [3.8, 4) is 6.07 Å². The Hall–Kier alpha value is -2.61. The lowest BCUT2D eigenvalue weighted by molar-refractivity contribution is -0.136. The van der Waals surface area contributed by atoms with Crippen molar-refractivity contribution in [1.29, 1.82) is 10.7 Å². The first-order valence-electron chi connectivity index (χ1n) is 7.34. The van der Waals surface area contributed by atoms with Gasteiger partial charge in [-0.25, -0.2) is 4.79 Å². The molecule has 1 heterocycles. The van der Waals surface area contributed by atoms with E-state index < -0.39 is 17.8 Å². The first kappa shape index (κ1) is 16.8. The number of esters is 1. The van der Waals surface area contributed by atoms with Gasteiger partial charge in [0.1, 0.15) is 11.7 Å². The van der Waals surface area contributed by atoms with E-state index in [0.29, 0.717) is 11.3 Å². The quantitative estimate of drug-likeness (QED) is 0.849. The molecule has 2 unspecified atom stereocenters. The Balaban J connectivity index is 2.77. The third-order valence-electron chi connectivity index (χ3n) is 4.16. The number of nitrogens with zero attached hydrogens (tertiary/aromatic N) is 1. The van der Waals surface area contributed by atoms with Gasteiger partial charge in [0.15, 0.2) is 0 Å². The molecule has 23 heavy (non-hydrogen) atoms. The molecule has 1 aliphatic rings. The van der Waals surface area contributed by atoms with Crippen LogP contribution in [0.15, 0.2) is 23.5 Å². The van der Waals surface area contributed by atoms with Crippen molar-refractivity contribution in [3.63, 3.8) is 0 Å². The standard InChI is InChI=1S/C18H20N2O3/c1-9-6-10(2)14(11(3)7-9)16-13(8-19)17(20)23-12(4)15(16)18(21)22-5/h6-7,13,16,20H,1-5H3. The Morgan fingerprint density at radius 2 is 1.83 bits per heavy atom. The maximum Gasteiger partial charge on any atom is 0.337 e. The summed E-state index contributed by atoms with van der Waals surface area (Å²) in [6.45, 7) is 7.53. The molecular formula is C18H20N2O3. The van der Waals surface area contributed by atoms with Crippen LogP contribution < -0.4 is 0 Å². The van der Waals surface area contributed by atoms with Gasteiger partial charge in [-0.2, -0.15) is 5.26 Å². The van der Waals surface area contributed by atoms with Gasteiger partial charge >= 0.3 is 5.97 Å². The predicted molar refractivity (Wildman–Crippen MR) is 86.0 cm³/mol. The topological polar surface area (TPSA) is 83.2 Å². The van der Waals surface area contributed by atoms with Gasteiger partial charge < -0.3 is 9.47 Å². The Morgan fingerprint density at radius 3 is 2.30 bits per heavy atom. The summed E-state index contributed by atoms with van der Waals surface area (Å²) in [5, 5.41) is 17.5. The van der Waals surface area contributed by atoms with E-state index in [4.69, 9.17) is 14.9 Å². The van der Waals surface area contributed by atoms with Gasteiger partial charge in [0, 0.05) is 5.92 Å². The van der Waals surface area contributed by atoms with Crippen LogP contribution in [-0.2, 0) is 14.3 Å². The summed E-state index contributed by atoms with van der Waals surface area (Å²) in [6, 6.07) is 6.14. The molecule has 0 aliphatic carbocycles. The Bertz CT molecular complexity index is 733. The number of nitriles is 1. The number of benzene rings is 1. The third kappa shape index (κ3) is 2.85. The van der Waals surface area contributed by atoms with Gasteiger partial charge in [0.05, 0.1) is 18.8 Å². The SMILES string of the molecule is COC(=O)C1=C(C)OC(=N)C(C#N)C1c1c(C)cc(C)cc1C. The molecule has 0 spiro atoms. The first-order valence-corrected chi connectivity index (χ1v) is 7.34. The minimum absolute atomic E-state index is 0.137. The van der Waals surface area contributed by atoms with Gasteiger partial charge in [-0.05, 0) is 44.4 Å². The molecule has 1 aromatic rings. The second kappa shape index (κ2) is 6.25. The van der Waals surface area contributed by atoms with E-state index >= 15 is 0 Å². The summed E-state index contributed by atoms with van der Waals surface area (Å²) in [5.74, 6) is -1.76. The average Bonchev–Trinajstić information content (AvgIpc) is 2.45. The second-order valence-corrected chi connectivity index (χ2v) is 5.82. The highest BCUT2D eigenvalue weighted by Crippen LogP contribution is 2.42. The summed E-state index contributed by atoms with van der Waals surface area (Å²) < 4.78 is 10.2. The fourth-order valence-electron chi connectivity index (χ4n) is 3.33. The van der Waals surface area contributed by atoms with E-state index in [-0.39, 0.29) is 5.90 Å². The van der Waals surface area contributed by atoms with E-state index in [2.05, 4.69) is 6.07 Å². The lowest BCUT2D eigenvalue weighted by atomic mass is 9.75. The average molecular weight is 312 g/mol. The van der Waals surface area contributed by atoms with Crippen molar-refractivity contribution in [3.05, 3.63) is 45.7 Å². The lowest BCUT2D eigenvalue weighted by Gasteiger charge is -2.32. The molecule has 5 heteroatoms. The highest BCUT2D eigenvalue weighted by Gasteiger charge is 2.42. The monoisotopic (exact) mass is 312 g/mol. The Labute approximate surface area is 136 Å². The summed E-state index contributed by atoms with van der Waals surface area (Å²) in [4.78, 5) is 12.3. The largest absolute Gasteiger partial charge is 0.466 e. The van der Waals surface area contributed by atoms with Crippen molar-refractivity contribution in [2.24, 2.45) is 5.92 Å². The molecule has 2 rings (SSSR count). The van der Waals surface area contributed by atoms with Gasteiger partial charge in [0.2, 0.25) is 5.90 Å². The molecule has 1 aromatic carbocycles. The zero-order valence-electron chi connectivity index (χ0n) is 14.0. The van der Waals surface area contributed by atoms with Crippen LogP contribution in [0.5, 0.6) is 0 Å². The normalized spacial score (nSPS) is 20.8. The maximum absolute atomic E-state index is 12.3. The van der Waals surface area contributed by atoms with Gasteiger partial charge in [0.25, 0.3) is 0 Å². The molecule has 1 N–H and O–H groups in total. The highest BCUT2D eigenvalue weighted by molar-refractivity contribution is 5.96. The maximum atomic E-state index is 12.3. The number of methoxy groups -OCH3 is 1. The number of carbonyl (C=O) groups excluding carboxylic acids is 1. The summed E-state index contributed by atoms with van der Waals surface area (Å²) in [6.07, 6.45) is 0. The molecule has 0 bridgehead atoms. The Morgan fingerprint density at radius 1 is 1.26 bits per heavy atom. The number of nitrogens with one attached hydrogen (secondary N) is 1. The van der Waals surface area contributed by atoms with E-state index in [9.17, 15) is 10.1 Å². The third-order valence-corrected chi connectivity index (χ3v) is 4.16. The van der Waals surface area contributed by atoms with Gasteiger partial charge in [-0.15, -0.1) is 0 Å². The van der Waals surface area contributed by atoms with Crippen LogP contribution in [0.4, 0.5) is 0 Å². The molecule has 0 fully saturated rings. The first-order chi connectivity index (χ1) is 10.8. The van der Waals surface area contributed by atoms with Crippen molar-refractivity contribution in [2.45, 2.75) is 33.6 Å². The number of carbonyl (C=O) groups is 1. The molecule has 120 valence electrons. The Kier molecular flexibility index (Phi) is 4.55. The summed E-state index contributed by atoms with van der Waals surface area (Å²) >= 11 is 0. The van der Waals surface area contributed by atoms with Crippen LogP contribution in [0, 0.1) is 43.4 Å². The van der Waals surface area contributed by atoms with Crippen LogP contribution in [0.2, 0.25) is 0 Å². The van der Waals surface area contributed by atoms with Crippen LogP contribution in [0.1, 0.15) is 35.1 Å². The van der Waals surface area contributed by atoms with Crippen LogP contribution >= 0.6 is 0 Å². The van der Waals surface area contributed by atoms with E-state index in [1.807, 2.05) is 32.9 Å². The van der Waals surface area contributed by atoms with Crippen LogP contribution in [0.25, 0.3) is 0 Å². The highest BCUT2D eigenvalue weighted by atomic mass is 16.5. The number of allylic oxidation sites excluding steroid dienone is 1. The molecule has 1 aliphatic heterocycles. The number of hydrogen-bond donors (Lipinski definition) is 1. The molecule has 0 aromatic heterocycles. The smallest absolute Gasteiger partial charge is 0.337 e. The lowest BCUT2D eigenvalue weighted by Crippen LogP contribution is -2.33. The van der Waals surface area contributed by atoms with Crippen LogP contribution in [-0.4, -0.2) is 19.0 Å². The van der Waals surface area contributed by atoms with E-state index in [1.54, 1.807) is 6.92 Å². The fourth-order valence-corrected chi connectivity index (χ4v) is 3.33.